The van der Waals surface area contributed by atoms with Crippen LogP contribution in [0.25, 0.3) is 0 Å². The number of ether oxygens (including phenoxy) is 1. The predicted molar refractivity (Wildman–Crippen MR) is 114 cm³/mol. The van der Waals surface area contributed by atoms with E-state index in [2.05, 4.69) is 20.9 Å². The van der Waals surface area contributed by atoms with E-state index in [9.17, 15) is 18.0 Å². The number of nitrogens with one attached hydrogen (secondary N) is 3. The Morgan fingerprint density at radius 3 is 2.45 bits per heavy atom. The number of aliphatic imine (C=N–C) groups is 1. The Morgan fingerprint density at radius 2 is 1.81 bits per heavy atom. The lowest BCUT2D eigenvalue weighted by Gasteiger charge is -2.12. The zero-order valence-corrected chi connectivity index (χ0v) is 17.6. The predicted octanol–water partition coefficient (Wildman–Crippen LogP) is 3.29. The summed E-state index contributed by atoms with van der Waals surface area (Å²) in [6.45, 7) is 2.30. The Hall–Kier alpha value is -3.23. The molecule has 0 spiro atoms. The van der Waals surface area contributed by atoms with E-state index in [1.54, 1.807) is 25.2 Å². The van der Waals surface area contributed by atoms with Gasteiger partial charge in [0.1, 0.15) is 5.75 Å². The lowest BCUT2D eigenvalue weighted by atomic mass is 10.1. The highest BCUT2D eigenvalue weighted by molar-refractivity contribution is 5.94. The third-order valence-electron chi connectivity index (χ3n) is 4.21. The number of carbonyl (C=O) groups excluding carboxylic acids is 1. The van der Waals surface area contributed by atoms with Crippen molar-refractivity contribution in [1.29, 1.82) is 0 Å². The number of rotatable bonds is 9. The fourth-order valence-corrected chi connectivity index (χ4v) is 2.71. The SMILES string of the molecule is CCNC(=NCc1ccc(OCC(F)(F)F)cc1)NCCc1cccc(C(=O)NC)c1. The molecule has 2 aromatic rings. The lowest BCUT2D eigenvalue weighted by Crippen LogP contribution is -2.38. The van der Waals surface area contributed by atoms with Crippen molar-refractivity contribution in [2.45, 2.75) is 26.1 Å². The first kappa shape index (κ1) is 24.0. The molecule has 0 fully saturated rings. The van der Waals surface area contributed by atoms with E-state index in [0.717, 1.165) is 11.1 Å². The zero-order chi connectivity index (χ0) is 22.7. The molecule has 9 heteroatoms. The van der Waals surface area contributed by atoms with E-state index in [0.29, 0.717) is 37.6 Å². The summed E-state index contributed by atoms with van der Waals surface area (Å²) in [5.74, 6) is 0.663. The highest BCUT2D eigenvalue weighted by Crippen LogP contribution is 2.19. The molecular weight excluding hydrogens is 409 g/mol. The second-order valence-electron chi connectivity index (χ2n) is 6.70. The number of hydrogen-bond donors (Lipinski definition) is 3. The van der Waals surface area contributed by atoms with Crippen LogP contribution in [0.3, 0.4) is 0 Å². The number of halogens is 3. The van der Waals surface area contributed by atoms with Gasteiger partial charge in [-0.2, -0.15) is 13.2 Å². The van der Waals surface area contributed by atoms with Gasteiger partial charge in [-0.1, -0.05) is 24.3 Å². The van der Waals surface area contributed by atoms with Crippen molar-refractivity contribution in [2.24, 2.45) is 4.99 Å². The highest BCUT2D eigenvalue weighted by atomic mass is 19.4. The first-order valence-corrected chi connectivity index (χ1v) is 9.92. The van der Waals surface area contributed by atoms with E-state index < -0.39 is 12.8 Å². The molecule has 0 unspecified atom stereocenters. The normalized spacial score (nSPS) is 11.7. The van der Waals surface area contributed by atoms with Gasteiger partial charge in [0.25, 0.3) is 5.91 Å². The van der Waals surface area contributed by atoms with Crippen molar-refractivity contribution in [3.63, 3.8) is 0 Å². The average molecular weight is 436 g/mol. The maximum atomic E-state index is 12.2. The van der Waals surface area contributed by atoms with Crippen LogP contribution in [0.15, 0.2) is 53.5 Å². The molecule has 0 heterocycles. The molecule has 0 atom stereocenters. The van der Waals surface area contributed by atoms with Gasteiger partial charge in [-0.25, -0.2) is 4.99 Å². The summed E-state index contributed by atoms with van der Waals surface area (Å²) in [6.07, 6.45) is -3.65. The van der Waals surface area contributed by atoms with Crippen LogP contribution in [0.5, 0.6) is 5.75 Å². The van der Waals surface area contributed by atoms with Crippen LogP contribution in [-0.2, 0) is 13.0 Å². The van der Waals surface area contributed by atoms with Crippen LogP contribution >= 0.6 is 0 Å². The fraction of sp³-hybridized carbons (Fsp3) is 0.364. The first-order chi connectivity index (χ1) is 14.8. The Morgan fingerprint density at radius 1 is 1.06 bits per heavy atom. The quantitative estimate of drug-likeness (QED) is 0.417. The Balaban J connectivity index is 1.88. The summed E-state index contributed by atoms with van der Waals surface area (Å²) in [6, 6.07) is 13.8. The van der Waals surface area contributed by atoms with E-state index >= 15 is 0 Å². The maximum Gasteiger partial charge on any atom is 0.422 e. The standard InChI is InChI=1S/C22H27F3N4O2/c1-3-27-21(28-12-11-16-5-4-6-18(13-16)20(30)26-2)29-14-17-7-9-19(10-8-17)31-15-22(23,24)25/h4-10,13H,3,11-12,14-15H2,1-2H3,(H,26,30)(H2,27,28,29). The molecule has 0 bridgehead atoms. The van der Waals surface area contributed by atoms with Gasteiger partial charge in [-0.05, 0) is 48.7 Å². The molecule has 2 rings (SSSR count). The molecule has 0 saturated heterocycles. The minimum absolute atomic E-state index is 0.125. The molecular formula is C22H27F3N4O2. The summed E-state index contributed by atoms with van der Waals surface area (Å²) >= 11 is 0. The minimum Gasteiger partial charge on any atom is -0.484 e. The topological polar surface area (TPSA) is 74.8 Å². The number of guanidine groups is 1. The third-order valence-corrected chi connectivity index (χ3v) is 4.21. The average Bonchev–Trinajstić information content (AvgIpc) is 2.76. The second kappa shape index (κ2) is 11.8. The molecule has 0 aliphatic heterocycles. The molecule has 1 amide bonds. The summed E-state index contributed by atoms with van der Waals surface area (Å²) in [5.41, 5.74) is 2.48. The van der Waals surface area contributed by atoms with E-state index in [-0.39, 0.29) is 11.7 Å². The van der Waals surface area contributed by atoms with E-state index in [1.807, 2.05) is 25.1 Å². The first-order valence-electron chi connectivity index (χ1n) is 9.92. The van der Waals surface area contributed by atoms with E-state index in [1.165, 1.54) is 12.1 Å². The smallest absolute Gasteiger partial charge is 0.422 e. The Labute approximate surface area is 179 Å². The Bertz CT molecular complexity index is 868. The van der Waals surface area contributed by atoms with Gasteiger partial charge in [-0.3, -0.25) is 4.79 Å². The molecule has 0 saturated carbocycles. The molecule has 3 N–H and O–H groups in total. The lowest BCUT2D eigenvalue weighted by molar-refractivity contribution is -0.153. The Kier molecular flexibility index (Phi) is 9.17. The number of nitrogens with zero attached hydrogens (tertiary/aromatic N) is 1. The van der Waals surface area contributed by atoms with Crippen LogP contribution < -0.4 is 20.7 Å². The van der Waals surface area contributed by atoms with Crippen molar-refractivity contribution < 1.29 is 22.7 Å². The van der Waals surface area contributed by atoms with Gasteiger partial charge in [0, 0.05) is 25.7 Å². The van der Waals surface area contributed by atoms with Crippen molar-refractivity contribution in [2.75, 3.05) is 26.7 Å². The molecule has 0 aromatic heterocycles. The summed E-state index contributed by atoms with van der Waals surface area (Å²) < 4.78 is 41.3. The van der Waals surface area contributed by atoms with Gasteiger partial charge in [-0.15, -0.1) is 0 Å². The third kappa shape index (κ3) is 8.98. The summed E-state index contributed by atoms with van der Waals surface area (Å²) in [5, 5.41) is 9.00. The van der Waals surface area contributed by atoms with Gasteiger partial charge in [0.15, 0.2) is 12.6 Å². The second-order valence-corrected chi connectivity index (χ2v) is 6.70. The largest absolute Gasteiger partial charge is 0.484 e. The van der Waals surface area contributed by atoms with Crippen molar-refractivity contribution in [1.82, 2.24) is 16.0 Å². The molecule has 6 nitrogen and oxygen atoms in total. The summed E-state index contributed by atoms with van der Waals surface area (Å²) in [7, 11) is 1.60. The van der Waals surface area contributed by atoms with Crippen LogP contribution in [0.2, 0.25) is 0 Å². The van der Waals surface area contributed by atoms with Gasteiger partial charge < -0.3 is 20.7 Å². The number of alkyl halides is 3. The molecule has 0 radical (unpaired) electrons. The van der Waals surface area contributed by atoms with Crippen molar-refractivity contribution in [3.8, 4) is 5.75 Å². The zero-order valence-electron chi connectivity index (χ0n) is 17.6. The molecule has 0 aliphatic rings. The van der Waals surface area contributed by atoms with Gasteiger partial charge >= 0.3 is 6.18 Å². The monoisotopic (exact) mass is 436 g/mol. The minimum atomic E-state index is -4.36. The van der Waals surface area contributed by atoms with E-state index in [4.69, 9.17) is 4.74 Å². The van der Waals surface area contributed by atoms with Gasteiger partial charge in [0.2, 0.25) is 0 Å². The van der Waals surface area contributed by atoms with Crippen LogP contribution in [0, 0.1) is 0 Å². The summed E-state index contributed by atoms with van der Waals surface area (Å²) in [4.78, 5) is 16.2. The maximum absolute atomic E-state index is 12.2. The molecule has 0 aliphatic carbocycles. The highest BCUT2D eigenvalue weighted by Gasteiger charge is 2.28. The van der Waals surface area contributed by atoms with Crippen LogP contribution in [0.1, 0.15) is 28.4 Å². The molecule has 168 valence electrons. The number of amides is 1. The number of benzene rings is 2. The molecule has 31 heavy (non-hydrogen) atoms. The molecule has 2 aromatic carbocycles. The van der Waals surface area contributed by atoms with Crippen LogP contribution in [-0.4, -0.2) is 44.8 Å². The van der Waals surface area contributed by atoms with Gasteiger partial charge in [0.05, 0.1) is 6.54 Å². The van der Waals surface area contributed by atoms with Crippen LogP contribution in [0.4, 0.5) is 13.2 Å². The fourth-order valence-electron chi connectivity index (χ4n) is 2.71. The number of carbonyl (C=O) groups is 1. The number of hydrogen-bond acceptors (Lipinski definition) is 3. The van der Waals surface area contributed by atoms with Crippen molar-refractivity contribution >= 4 is 11.9 Å². The van der Waals surface area contributed by atoms with Crippen molar-refractivity contribution in [3.05, 3.63) is 65.2 Å².